The van der Waals surface area contributed by atoms with Gasteiger partial charge in [0.2, 0.25) is 11.9 Å². The first kappa shape index (κ1) is 16.9. The van der Waals surface area contributed by atoms with Crippen molar-refractivity contribution in [1.29, 1.82) is 0 Å². The third-order valence-electron chi connectivity index (χ3n) is 5.26. The number of benzene rings is 1. The predicted molar refractivity (Wildman–Crippen MR) is 97.1 cm³/mol. The number of carbonyl (C=O) groups is 1. The first-order valence-electron chi connectivity index (χ1n) is 9.29. The number of aromatic nitrogens is 2. The topological polar surface area (TPSA) is 58.1 Å². The number of likely N-dealkylation sites (tertiary alicyclic amines) is 1. The second-order valence-electron chi connectivity index (χ2n) is 7.24. The minimum atomic E-state index is -0.277. The van der Waals surface area contributed by atoms with Crippen LogP contribution in [0, 0.1) is 5.82 Å². The molecule has 1 saturated heterocycles. The van der Waals surface area contributed by atoms with Crippen LogP contribution in [0.1, 0.15) is 49.3 Å². The lowest BCUT2D eigenvalue weighted by molar-refractivity contribution is -0.128. The Morgan fingerprint density at radius 2 is 2.08 bits per heavy atom. The molecule has 1 atom stereocenters. The molecule has 0 radical (unpaired) electrons. The number of halogens is 1. The first-order chi connectivity index (χ1) is 12.7. The molecule has 0 bridgehead atoms. The van der Waals surface area contributed by atoms with E-state index in [2.05, 4.69) is 15.3 Å². The summed E-state index contributed by atoms with van der Waals surface area (Å²) in [5.74, 6) is 0.924. The SMILES string of the molecule is O=C1C[C@H](Nc2nccc(C3CCCC3)n2)CN1Cc1cccc(F)c1. The lowest BCUT2D eigenvalue weighted by Gasteiger charge is -2.17. The maximum atomic E-state index is 13.3. The number of hydrogen-bond donors (Lipinski definition) is 1. The lowest BCUT2D eigenvalue weighted by Crippen LogP contribution is -2.28. The molecule has 0 spiro atoms. The standard InChI is InChI=1S/C20H23FN4O/c21-16-7-3-4-14(10-16)12-25-13-17(11-19(25)26)23-20-22-9-8-18(24-20)15-5-1-2-6-15/h3-4,7-10,15,17H,1-2,5-6,11-13H2,(H,22,23,24)/t17-/m0/s1. The van der Waals surface area contributed by atoms with Gasteiger partial charge in [-0.25, -0.2) is 14.4 Å². The van der Waals surface area contributed by atoms with E-state index < -0.39 is 0 Å². The van der Waals surface area contributed by atoms with Gasteiger partial charge in [0.25, 0.3) is 0 Å². The molecule has 6 heteroatoms. The third-order valence-corrected chi connectivity index (χ3v) is 5.26. The first-order valence-corrected chi connectivity index (χ1v) is 9.29. The quantitative estimate of drug-likeness (QED) is 0.893. The Bertz CT molecular complexity index is 791. The highest BCUT2D eigenvalue weighted by Gasteiger charge is 2.30. The Morgan fingerprint density at radius 1 is 1.23 bits per heavy atom. The van der Waals surface area contributed by atoms with Crippen LogP contribution in [0.4, 0.5) is 10.3 Å². The zero-order valence-corrected chi connectivity index (χ0v) is 14.7. The average Bonchev–Trinajstić information content (AvgIpc) is 3.26. The minimum absolute atomic E-state index is 0.0186. The van der Waals surface area contributed by atoms with Crippen LogP contribution in [-0.4, -0.2) is 33.4 Å². The molecule has 4 rings (SSSR count). The number of amides is 1. The summed E-state index contributed by atoms with van der Waals surface area (Å²) >= 11 is 0. The molecular weight excluding hydrogens is 331 g/mol. The molecule has 1 aliphatic heterocycles. The number of carbonyl (C=O) groups excluding carboxylic acids is 1. The van der Waals surface area contributed by atoms with Gasteiger partial charge in [-0.3, -0.25) is 4.79 Å². The number of nitrogens with zero attached hydrogens (tertiary/aromatic N) is 3. The number of anilines is 1. The molecule has 1 aromatic carbocycles. The van der Waals surface area contributed by atoms with Crippen molar-refractivity contribution >= 4 is 11.9 Å². The van der Waals surface area contributed by atoms with Crippen LogP contribution in [0.5, 0.6) is 0 Å². The highest BCUT2D eigenvalue weighted by atomic mass is 19.1. The van der Waals surface area contributed by atoms with Crippen molar-refractivity contribution in [3.8, 4) is 0 Å². The van der Waals surface area contributed by atoms with E-state index in [9.17, 15) is 9.18 Å². The number of hydrogen-bond acceptors (Lipinski definition) is 4. The monoisotopic (exact) mass is 354 g/mol. The molecule has 2 aliphatic rings. The van der Waals surface area contributed by atoms with Crippen LogP contribution in [0.25, 0.3) is 0 Å². The summed E-state index contributed by atoms with van der Waals surface area (Å²) in [5.41, 5.74) is 1.90. The second-order valence-corrected chi connectivity index (χ2v) is 7.24. The minimum Gasteiger partial charge on any atom is -0.349 e. The van der Waals surface area contributed by atoms with Crippen molar-refractivity contribution in [3.05, 3.63) is 53.6 Å². The fraction of sp³-hybridized carbons (Fsp3) is 0.450. The van der Waals surface area contributed by atoms with Gasteiger partial charge < -0.3 is 10.2 Å². The van der Waals surface area contributed by atoms with Crippen LogP contribution < -0.4 is 5.32 Å². The summed E-state index contributed by atoms with van der Waals surface area (Å²) in [4.78, 5) is 23.0. The zero-order chi connectivity index (χ0) is 17.9. The maximum Gasteiger partial charge on any atom is 0.225 e. The van der Waals surface area contributed by atoms with Gasteiger partial charge in [-0.1, -0.05) is 25.0 Å². The third kappa shape index (κ3) is 3.84. The van der Waals surface area contributed by atoms with Gasteiger partial charge in [0.05, 0.1) is 6.04 Å². The Balaban J connectivity index is 1.39. The van der Waals surface area contributed by atoms with Crippen molar-refractivity contribution in [2.24, 2.45) is 0 Å². The molecule has 136 valence electrons. The van der Waals surface area contributed by atoms with Gasteiger partial charge in [-0.2, -0.15) is 0 Å². The van der Waals surface area contributed by atoms with E-state index in [1.165, 1.54) is 37.8 Å². The van der Waals surface area contributed by atoms with Crippen molar-refractivity contribution in [3.63, 3.8) is 0 Å². The summed E-state index contributed by atoms with van der Waals surface area (Å²) in [6.07, 6.45) is 7.13. The molecule has 5 nitrogen and oxygen atoms in total. The normalized spacial score (nSPS) is 20.7. The van der Waals surface area contributed by atoms with Gasteiger partial charge in [0, 0.05) is 37.3 Å². The van der Waals surface area contributed by atoms with Crippen LogP contribution in [0.15, 0.2) is 36.5 Å². The molecule has 1 aliphatic carbocycles. The highest BCUT2D eigenvalue weighted by Crippen LogP contribution is 2.33. The molecule has 1 aromatic heterocycles. The Hall–Kier alpha value is -2.50. The Labute approximate surface area is 152 Å². The highest BCUT2D eigenvalue weighted by molar-refractivity contribution is 5.79. The van der Waals surface area contributed by atoms with E-state index in [4.69, 9.17) is 0 Å². The number of nitrogens with one attached hydrogen (secondary N) is 1. The smallest absolute Gasteiger partial charge is 0.225 e. The molecule has 1 amide bonds. The summed E-state index contributed by atoms with van der Waals surface area (Å²) in [6, 6.07) is 8.37. The second kappa shape index (κ2) is 7.40. The van der Waals surface area contributed by atoms with E-state index in [1.54, 1.807) is 17.2 Å². The van der Waals surface area contributed by atoms with Crippen molar-refractivity contribution in [1.82, 2.24) is 14.9 Å². The summed E-state index contributed by atoms with van der Waals surface area (Å²) in [5, 5.41) is 3.30. The van der Waals surface area contributed by atoms with Crippen molar-refractivity contribution < 1.29 is 9.18 Å². The molecule has 2 fully saturated rings. The van der Waals surface area contributed by atoms with E-state index in [0.717, 1.165) is 11.3 Å². The van der Waals surface area contributed by atoms with E-state index in [1.807, 2.05) is 12.1 Å². The number of rotatable bonds is 5. The molecule has 2 aromatic rings. The fourth-order valence-corrected chi connectivity index (χ4v) is 3.95. The molecule has 26 heavy (non-hydrogen) atoms. The van der Waals surface area contributed by atoms with Crippen molar-refractivity contribution in [2.75, 3.05) is 11.9 Å². The fourth-order valence-electron chi connectivity index (χ4n) is 3.95. The summed E-state index contributed by atoms with van der Waals surface area (Å²) in [7, 11) is 0. The zero-order valence-electron chi connectivity index (χ0n) is 14.7. The molecule has 1 N–H and O–H groups in total. The largest absolute Gasteiger partial charge is 0.349 e. The lowest BCUT2D eigenvalue weighted by atomic mass is 10.0. The summed E-state index contributed by atoms with van der Waals surface area (Å²) in [6.45, 7) is 1.00. The van der Waals surface area contributed by atoms with E-state index in [-0.39, 0.29) is 17.8 Å². The van der Waals surface area contributed by atoms with Gasteiger partial charge in [0.1, 0.15) is 5.82 Å². The van der Waals surface area contributed by atoms with Gasteiger partial charge in [-0.05, 0) is 36.6 Å². The molecule has 0 unspecified atom stereocenters. The molecule has 2 heterocycles. The van der Waals surface area contributed by atoms with Crippen LogP contribution in [-0.2, 0) is 11.3 Å². The van der Waals surface area contributed by atoms with Gasteiger partial charge in [-0.15, -0.1) is 0 Å². The van der Waals surface area contributed by atoms with Crippen LogP contribution >= 0.6 is 0 Å². The van der Waals surface area contributed by atoms with Gasteiger partial charge in [0.15, 0.2) is 0 Å². The van der Waals surface area contributed by atoms with Crippen LogP contribution in [0.3, 0.4) is 0 Å². The summed E-state index contributed by atoms with van der Waals surface area (Å²) < 4.78 is 13.3. The molecule has 1 saturated carbocycles. The van der Waals surface area contributed by atoms with E-state index in [0.29, 0.717) is 31.4 Å². The predicted octanol–water partition coefficient (Wildman–Crippen LogP) is 3.49. The molecular formula is C20H23FN4O. The Morgan fingerprint density at radius 3 is 2.88 bits per heavy atom. The van der Waals surface area contributed by atoms with Crippen LogP contribution in [0.2, 0.25) is 0 Å². The van der Waals surface area contributed by atoms with E-state index >= 15 is 0 Å². The van der Waals surface area contributed by atoms with Crippen molar-refractivity contribution in [2.45, 2.75) is 50.6 Å². The van der Waals surface area contributed by atoms with Gasteiger partial charge >= 0.3 is 0 Å². The maximum absolute atomic E-state index is 13.3. The average molecular weight is 354 g/mol. The Kier molecular flexibility index (Phi) is 4.82.